The van der Waals surface area contributed by atoms with Gasteiger partial charge in [-0.2, -0.15) is 0 Å². The molecule has 0 aliphatic carbocycles. The minimum absolute atomic E-state index is 0.613. The summed E-state index contributed by atoms with van der Waals surface area (Å²) in [4.78, 5) is 0. The van der Waals surface area contributed by atoms with E-state index in [0.29, 0.717) is 5.92 Å². The fraction of sp³-hybridized carbons (Fsp3) is 0.727. The molecule has 0 aliphatic heterocycles. The molecule has 0 heterocycles. The van der Waals surface area contributed by atoms with E-state index in [0.717, 1.165) is 11.8 Å². The third kappa shape index (κ3) is 3.43. The summed E-state index contributed by atoms with van der Waals surface area (Å²) in [5.74, 6) is 2.16. The molecule has 3 unspecified atom stereocenters. The lowest BCUT2D eigenvalue weighted by molar-refractivity contribution is 0.312. The van der Waals surface area contributed by atoms with Crippen LogP contribution in [0.1, 0.15) is 34.1 Å². The maximum absolute atomic E-state index is 3.59. The second kappa shape index (κ2) is 5.21. The van der Waals surface area contributed by atoms with Crippen LogP contribution >= 0.6 is 0 Å². The van der Waals surface area contributed by atoms with Crippen LogP contribution in [0.5, 0.6) is 0 Å². The molecule has 0 nitrogen and oxygen atoms in total. The van der Waals surface area contributed by atoms with E-state index in [-0.39, 0.29) is 0 Å². The molecule has 0 saturated carbocycles. The highest BCUT2D eigenvalue weighted by atomic mass is 14.2. The van der Waals surface area contributed by atoms with E-state index in [1.54, 1.807) is 0 Å². The molecule has 64 valence electrons. The molecular formula is C11H20. The Balaban J connectivity index is 3.99. The van der Waals surface area contributed by atoms with Gasteiger partial charge in [0.2, 0.25) is 0 Å². The van der Waals surface area contributed by atoms with Crippen molar-refractivity contribution in [2.75, 3.05) is 0 Å². The summed E-state index contributed by atoms with van der Waals surface area (Å²) in [5, 5.41) is 0. The summed E-state index contributed by atoms with van der Waals surface area (Å²) in [6.07, 6.45) is 3.33. The van der Waals surface area contributed by atoms with Crippen LogP contribution in [0.2, 0.25) is 0 Å². The zero-order chi connectivity index (χ0) is 8.85. The third-order valence-corrected chi connectivity index (χ3v) is 2.75. The van der Waals surface area contributed by atoms with Crippen molar-refractivity contribution in [1.29, 1.82) is 0 Å². The third-order valence-electron chi connectivity index (χ3n) is 2.75. The Kier molecular flexibility index (Phi) is 4.98. The number of allylic oxidation sites excluding steroid dienone is 1. The Morgan fingerprint density at radius 3 is 2.27 bits per heavy atom. The molecule has 0 spiro atoms. The van der Waals surface area contributed by atoms with E-state index in [4.69, 9.17) is 0 Å². The largest absolute Gasteiger partial charge is 0.133 e. The van der Waals surface area contributed by atoms with Crippen molar-refractivity contribution in [2.24, 2.45) is 17.8 Å². The standard InChI is InChI=1S/C11H20/c1-6-8-10(4)11(5)9(3)7-2/h8-11H,1,7H2,2-5H3. The first-order chi connectivity index (χ1) is 5.13. The zero-order valence-corrected chi connectivity index (χ0v) is 8.22. The van der Waals surface area contributed by atoms with Crippen LogP contribution in [-0.2, 0) is 0 Å². The molecule has 11 heavy (non-hydrogen) atoms. The monoisotopic (exact) mass is 152 g/mol. The summed E-state index contributed by atoms with van der Waals surface area (Å²) < 4.78 is 0. The SMILES string of the molecule is C=C=CC(C)C(C)C(C)CC. The summed E-state index contributed by atoms with van der Waals surface area (Å²) in [5.41, 5.74) is 2.85. The molecule has 0 aromatic carbocycles. The van der Waals surface area contributed by atoms with Crippen molar-refractivity contribution in [1.82, 2.24) is 0 Å². The predicted octanol–water partition coefficient (Wildman–Crippen LogP) is 3.65. The molecule has 0 rings (SSSR count). The second-order valence-electron chi connectivity index (χ2n) is 3.47. The normalized spacial score (nSPS) is 18.2. The highest BCUT2D eigenvalue weighted by molar-refractivity contribution is 4.85. The van der Waals surface area contributed by atoms with Gasteiger partial charge in [0.05, 0.1) is 0 Å². The van der Waals surface area contributed by atoms with Gasteiger partial charge in [-0.05, 0) is 23.8 Å². The molecule has 0 N–H and O–H groups in total. The molecule has 0 aromatic rings. The van der Waals surface area contributed by atoms with Crippen molar-refractivity contribution in [2.45, 2.75) is 34.1 Å². The van der Waals surface area contributed by atoms with E-state index in [1.807, 2.05) is 0 Å². The van der Waals surface area contributed by atoms with Crippen LogP contribution in [0.25, 0.3) is 0 Å². The van der Waals surface area contributed by atoms with E-state index < -0.39 is 0 Å². The highest BCUT2D eigenvalue weighted by Gasteiger charge is 2.14. The van der Waals surface area contributed by atoms with Gasteiger partial charge >= 0.3 is 0 Å². The summed E-state index contributed by atoms with van der Waals surface area (Å²) >= 11 is 0. The van der Waals surface area contributed by atoms with Gasteiger partial charge in [-0.1, -0.05) is 40.7 Å². The van der Waals surface area contributed by atoms with Crippen LogP contribution in [0, 0.1) is 17.8 Å². The molecule has 0 saturated heterocycles. The average Bonchev–Trinajstić information content (AvgIpc) is 2.02. The topological polar surface area (TPSA) is 0 Å². The Morgan fingerprint density at radius 1 is 1.36 bits per heavy atom. The molecule has 0 radical (unpaired) electrons. The lowest BCUT2D eigenvalue weighted by atomic mass is 9.84. The fourth-order valence-corrected chi connectivity index (χ4v) is 1.23. The van der Waals surface area contributed by atoms with Gasteiger partial charge < -0.3 is 0 Å². The molecule has 0 bridgehead atoms. The molecule has 0 aromatic heterocycles. The van der Waals surface area contributed by atoms with Gasteiger partial charge in [0.25, 0.3) is 0 Å². The van der Waals surface area contributed by atoms with Gasteiger partial charge in [0.15, 0.2) is 0 Å². The predicted molar refractivity (Wildman–Crippen MR) is 51.5 cm³/mol. The summed E-state index contributed by atoms with van der Waals surface area (Å²) in [7, 11) is 0. The summed E-state index contributed by atoms with van der Waals surface area (Å²) in [6.45, 7) is 12.7. The molecule has 0 aliphatic rings. The van der Waals surface area contributed by atoms with Crippen LogP contribution in [0.3, 0.4) is 0 Å². The van der Waals surface area contributed by atoms with Crippen molar-refractivity contribution in [3.8, 4) is 0 Å². The Hall–Kier alpha value is -0.480. The lowest BCUT2D eigenvalue weighted by Crippen LogP contribution is -2.13. The van der Waals surface area contributed by atoms with Crippen molar-refractivity contribution in [3.05, 3.63) is 18.4 Å². The van der Waals surface area contributed by atoms with E-state index in [9.17, 15) is 0 Å². The first kappa shape index (κ1) is 10.5. The average molecular weight is 152 g/mol. The van der Waals surface area contributed by atoms with Gasteiger partial charge in [-0.3, -0.25) is 0 Å². The van der Waals surface area contributed by atoms with E-state index in [1.165, 1.54) is 6.42 Å². The van der Waals surface area contributed by atoms with Gasteiger partial charge in [0, 0.05) is 0 Å². The molecule has 0 amide bonds. The minimum Gasteiger partial charge on any atom is -0.133 e. The molecule has 0 heteroatoms. The Bertz CT molecular complexity index is 140. The zero-order valence-electron chi connectivity index (χ0n) is 8.22. The van der Waals surface area contributed by atoms with Crippen molar-refractivity contribution in [3.63, 3.8) is 0 Å². The van der Waals surface area contributed by atoms with Crippen LogP contribution < -0.4 is 0 Å². The number of hydrogen-bond acceptors (Lipinski definition) is 0. The quantitative estimate of drug-likeness (QED) is 0.539. The number of hydrogen-bond donors (Lipinski definition) is 0. The maximum atomic E-state index is 3.59. The fourth-order valence-electron chi connectivity index (χ4n) is 1.23. The van der Waals surface area contributed by atoms with Crippen LogP contribution in [0.15, 0.2) is 18.4 Å². The van der Waals surface area contributed by atoms with E-state index in [2.05, 4.69) is 46.1 Å². The molecule has 0 fully saturated rings. The number of rotatable bonds is 4. The van der Waals surface area contributed by atoms with Gasteiger partial charge in [-0.15, -0.1) is 5.73 Å². The smallest absolute Gasteiger partial charge is 0.0158 e. The maximum Gasteiger partial charge on any atom is -0.0158 e. The lowest BCUT2D eigenvalue weighted by Gasteiger charge is -2.21. The first-order valence-electron chi connectivity index (χ1n) is 4.49. The van der Waals surface area contributed by atoms with Crippen molar-refractivity contribution < 1.29 is 0 Å². The Labute approximate surface area is 71.0 Å². The second-order valence-corrected chi connectivity index (χ2v) is 3.47. The first-order valence-corrected chi connectivity index (χ1v) is 4.49. The molecule has 3 atom stereocenters. The van der Waals surface area contributed by atoms with Gasteiger partial charge in [0.1, 0.15) is 0 Å². The van der Waals surface area contributed by atoms with Gasteiger partial charge in [-0.25, -0.2) is 0 Å². The minimum atomic E-state index is 0.613. The Morgan fingerprint density at radius 2 is 1.91 bits per heavy atom. The van der Waals surface area contributed by atoms with Crippen LogP contribution in [0.4, 0.5) is 0 Å². The highest BCUT2D eigenvalue weighted by Crippen LogP contribution is 2.23. The van der Waals surface area contributed by atoms with Crippen molar-refractivity contribution >= 4 is 0 Å². The summed E-state index contributed by atoms with van der Waals surface area (Å²) in [6, 6.07) is 0. The van der Waals surface area contributed by atoms with E-state index >= 15 is 0 Å². The van der Waals surface area contributed by atoms with Crippen LogP contribution in [-0.4, -0.2) is 0 Å². The molecular weight excluding hydrogens is 132 g/mol.